The summed E-state index contributed by atoms with van der Waals surface area (Å²) < 4.78 is 10.5. The molecule has 1 unspecified atom stereocenters. The first kappa shape index (κ1) is 16.6. The molecular formula is C17H26N2O3. The van der Waals surface area contributed by atoms with Crippen LogP contribution in [-0.2, 0) is 9.53 Å². The number of amides is 1. The third-order valence-corrected chi connectivity index (χ3v) is 3.88. The molecule has 1 fully saturated rings. The number of carbonyl (C=O) groups excluding carboxylic acids is 1. The third kappa shape index (κ3) is 4.91. The lowest BCUT2D eigenvalue weighted by atomic mass is 10.0. The van der Waals surface area contributed by atoms with E-state index in [2.05, 4.69) is 16.3 Å². The van der Waals surface area contributed by atoms with Gasteiger partial charge >= 0.3 is 0 Å². The Bertz CT molecular complexity index is 479. The van der Waals surface area contributed by atoms with Crippen LogP contribution in [0.4, 0.5) is 5.69 Å². The first-order valence-corrected chi connectivity index (χ1v) is 7.99. The number of nitrogens with one attached hydrogen (secondary N) is 1. The highest BCUT2D eigenvalue weighted by Crippen LogP contribution is 2.24. The van der Waals surface area contributed by atoms with E-state index in [9.17, 15) is 4.79 Å². The van der Waals surface area contributed by atoms with Crippen LogP contribution in [0, 0.1) is 0 Å². The number of nitrogens with zero attached hydrogens (tertiary/aromatic N) is 1. The first-order chi connectivity index (χ1) is 10.7. The molecule has 0 aromatic heterocycles. The second kappa shape index (κ2) is 8.63. The van der Waals surface area contributed by atoms with Crippen molar-refractivity contribution in [1.29, 1.82) is 0 Å². The van der Waals surface area contributed by atoms with Crippen molar-refractivity contribution in [2.75, 3.05) is 38.3 Å². The van der Waals surface area contributed by atoms with Gasteiger partial charge in [0.1, 0.15) is 5.75 Å². The molecule has 0 saturated carbocycles. The highest BCUT2D eigenvalue weighted by Gasteiger charge is 2.21. The minimum absolute atomic E-state index is 0.0749. The molecule has 0 spiro atoms. The standard InChI is InChI=1S/C17H26N2O3/c1-3-22-11-9-17(20)18-14-6-5-10-19(13-14)15-7-4-8-16(12-15)21-2/h4,7-8,12,14H,3,5-6,9-11,13H2,1-2H3,(H,18,20). The quantitative estimate of drug-likeness (QED) is 0.785. The Balaban J connectivity index is 1.87. The van der Waals surface area contributed by atoms with Crippen molar-refractivity contribution in [2.24, 2.45) is 0 Å². The van der Waals surface area contributed by atoms with E-state index in [4.69, 9.17) is 9.47 Å². The molecule has 22 heavy (non-hydrogen) atoms. The second-order valence-corrected chi connectivity index (χ2v) is 5.50. The van der Waals surface area contributed by atoms with Crippen LogP contribution in [-0.4, -0.2) is 45.4 Å². The zero-order valence-electron chi connectivity index (χ0n) is 13.5. The Morgan fingerprint density at radius 2 is 2.32 bits per heavy atom. The molecule has 0 aliphatic carbocycles. The fourth-order valence-electron chi connectivity index (χ4n) is 2.75. The van der Waals surface area contributed by atoms with Gasteiger partial charge in [0.05, 0.1) is 13.7 Å². The van der Waals surface area contributed by atoms with Crippen LogP contribution in [0.2, 0.25) is 0 Å². The minimum Gasteiger partial charge on any atom is -0.497 e. The van der Waals surface area contributed by atoms with Crippen LogP contribution in [0.1, 0.15) is 26.2 Å². The normalized spacial score (nSPS) is 18.1. The van der Waals surface area contributed by atoms with Crippen molar-refractivity contribution in [2.45, 2.75) is 32.2 Å². The molecule has 1 atom stereocenters. The predicted molar refractivity (Wildman–Crippen MR) is 87.5 cm³/mol. The van der Waals surface area contributed by atoms with Crippen LogP contribution in [0.25, 0.3) is 0 Å². The lowest BCUT2D eigenvalue weighted by Crippen LogP contribution is -2.48. The SMILES string of the molecule is CCOCCC(=O)NC1CCCN(c2cccc(OC)c2)C1. The number of anilines is 1. The number of benzene rings is 1. The average molecular weight is 306 g/mol. The van der Waals surface area contributed by atoms with Crippen LogP contribution in [0.15, 0.2) is 24.3 Å². The number of carbonyl (C=O) groups is 1. The van der Waals surface area contributed by atoms with Gasteiger partial charge in [-0.05, 0) is 31.9 Å². The fraction of sp³-hybridized carbons (Fsp3) is 0.588. The van der Waals surface area contributed by atoms with Crippen molar-refractivity contribution in [3.05, 3.63) is 24.3 Å². The zero-order chi connectivity index (χ0) is 15.8. The summed E-state index contributed by atoms with van der Waals surface area (Å²) in [6, 6.07) is 8.27. The third-order valence-electron chi connectivity index (χ3n) is 3.88. The summed E-state index contributed by atoms with van der Waals surface area (Å²) >= 11 is 0. The number of ether oxygens (including phenoxy) is 2. The van der Waals surface area contributed by atoms with Gasteiger partial charge in [-0.15, -0.1) is 0 Å². The lowest BCUT2D eigenvalue weighted by molar-refractivity contribution is -0.122. The molecule has 0 bridgehead atoms. The van der Waals surface area contributed by atoms with Gasteiger partial charge in [0.2, 0.25) is 5.91 Å². The molecule has 1 aliphatic heterocycles. The highest BCUT2D eigenvalue weighted by molar-refractivity contribution is 5.76. The summed E-state index contributed by atoms with van der Waals surface area (Å²) in [6.45, 7) is 4.94. The summed E-state index contributed by atoms with van der Waals surface area (Å²) in [5.41, 5.74) is 1.15. The maximum Gasteiger partial charge on any atom is 0.222 e. The van der Waals surface area contributed by atoms with Crippen LogP contribution in [0.5, 0.6) is 5.75 Å². The Hall–Kier alpha value is -1.75. The largest absolute Gasteiger partial charge is 0.497 e. The van der Waals surface area contributed by atoms with Gasteiger partial charge < -0.3 is 19.7 Å². The number of hydrogen-bond acceptors (Lipinski definition) is 4. The molecular weight excluding hydrogens is 280 g/mol. The van der Waals surface area contributed by atoms with Crippen molar-refractivity contribution >= 4 is 11.6 Å². The maximum absolute atomic E-state index is 11.9. The molecule has 1 aliphatic rings. The van der Waals surface area contributed by atoms with E-state index in [0.717, 1.165) is 37.4 Å². The van der Waals surface area contributed by atoms with Crippen LogP contribution >= 0.6 is 0 Å². The number of hydrogen-bond donors (Lipinski definition) is 1. The molecule has 1 aromatic carbocycles. The monoisotopic (exact) mass is 306 g/mol. The zero-order valence-corrected chi connectivity index (χ0v) is 13.5. The van der Waals surface area contributed by atoms with E-state index in [1.807, 2.05) is 25.1 Å². The second-order valence-electron chi connectivity index (χ2n) is 5.50. The molecule has 2 rings (SSSR count). The molecule has 1 heterocycles. The summed E-state index contributed by atoms with van der Waals surface area (Å²) in [4.78, 5) is 14.2. The molecule has 5 heteroatoms. The maximum atomic E-state index is 11.9. The van der Waals surface area contributed by atoms with E-state index in [1.54, 1.807) is 7.11 Å². The smallest absolute Gasteiger partial charge is 0.222 e. The number of methoxy groups -OCH3 is 1. The van der Waals surface area contributed by atoms with E-state index >= 15 is 0 Å². The van der Waals surface area contributed by atoms with Gasteiger partial charge in [0, 0.05) is 43.9 Å². The topological polar surface area (TPSA) is 50.8 Å². The van der Waals surface area contributed by atoms with E-state index in [1.165, 1.54) is 0 Å². The van der Waals surface area contributed by atoms with Crippen LogP contribution in [0.3, 0.4) is 0 Å². The van der Waals surface area contributed by atoms with Gasteiger partial charge in [0.25, 0.3) is 0 Å². The summed E-state index contributed by atoms with van der Waals surface area (Å²) in [7, 11) is 1.68. The molecule has 5 nitrogen and oxygen atoms in total. The molecule has 1 saturated heterocycles. The van der Waals surface area contributed by atoms with Gasteiger partial charge in [-0.3, -0.25) is 4.79 Å². The molecule has 1 aromatic rings. The van der Waals surface area contributed by atoms with Crippen LogP contribution < -0.4 is 15.0 Å². The van der Waals surface area contributed by atoms with Gasteiger partial charge in [-0.2, -0.15) is 0 Å². The van der Waals surface area contributed by atoms with E-state index in [-0.39, 0.29) is 11.9 Å². The molecule has 1 N–H and O–H groups in total. The Kier molecular flexibility index (Phi) is 6.52. The van der Waals surface area contributed by atoms with Gasteiger partial charge in [-0.1, -0.05) is 6.07 Å². The van der Waals surface area contributed by atoms with Crippen molar-refractivity contribution in [3.8, 4) is 5.75 Å². The fourth-order valence-corrected chi connectivity index (χ4v) is 2.75. The minimum atomic E-state index is 0.0749. The van der Waals surface area contributed by atoms with Crippen molar-refractivity contribution < 1.29 is 14.3 Å². The van der Waals surface area contributed by atoms with Crippen molar-refractivity contribution in [1.82, 2.24) is 5.32 Å². The summed E-state index contributed by atoms with van der Waals surface area (Å²) in [6.07, 6.45) is 2.54. The molecule has 0 radical (unpaired) electrons. The predicted octanol–water partition coefficient (Wildman–Crippen LogP) is 2.21. The van der Waals surface area contributed by atoms with E-state index < -0.39 is 0 Å². The van der Waals surface area contributed by atoms with E-state index in [0.29, 0.717) is 19.6 Å². The number of rotatable bonds is 7. The van der Waals surface area contributed by atoms with Gasteiger partial charge in [-0.25, -0.2) is 0 Å². The van der Waals surface area contributed by atoms with Gasteiger partial charge in [0.15, 0.2) is 0 Å². The summed E-state index contributed by atoms with van der Waals surface area (Å²) in [5.74, 6) is 0.936. The van der Waals surface area contributed by atoms with Crippen molar-refractivity contribution in [3.63, 3.8) is 0 Å². The number of piperidine rings is 1. The lowest BCUT2D eigenvalue weighted by Gasteiger charge is -2.35. The highest BCUT2D eigenvalue weighted by atomic mass is 16.5. The Labute approximate surface area is 132 Å². The summed E-state index contributed by atoms with van der Waals surface area (Å²) in [5, 5.41) is 3.11. The average Bonchev–Trinajstić information content (AvgIpc) is 2.55. The molecule has 1 amide bonds. The molecule has 122 valence electrons. The first-order valence-electron chi connectivity index (χ1n) is 7.99. The Morgan fingerprint density at radius 3 is 3.09 bits per heavy atom. The Morgan fingerprint density at radius 1 is 1.45 bits per heavy atom.